The molecular weight excluding hydrogens is 120 g/mol. The van der Waals surface area contributed by atoms with Gasteiger partial charge in [0.2, 0.25) is 0 Å². The zero-order valence-electron chi connectivity index (χ0n) is 5.52. The van der Waals surface area contributed by atoms with Crippen LogP contribution in [0.15, 0.2) is 0 Å². The minimum absolute atomic E-state index is 0.525. The van der Waals surface area contributed by atoms with Crippen LogP contribution in [0.3, 0.4) is 0 Å². The second-order valence-corrected chi connectivity index (χ2v) is 3.70. The van der Waals surface area contributed by atoms with Gasteiger partial charge in [-0.15, -0.1) is 11.6 Å². The molecule has 0 unspecified atom stereocenters. The lowest BCUT2D eigenvalue weighted by Gasteiger charge is -1.99. The van der Waals surface area contributed by atoms with Crippen LogP contribution in [0.1, 0.15) is 26.7 Å². The predicted octanol–water partition coefficient (Wildman–Crippen LogP) is 2.66. The Bertz CT molecular complexity index is 78.5. The molecule has 1 heteroatoms. The first-order chi connectivity index (χ1) is 3.70. The zero-order valence-corrected chi connectivity index (χ0v) is 6.28. The molecule has 1 aliphatic carbocycles. The summed E-state index contributed by atoms with van der Waals surface area (Å²) in [6, 6.07) is 0. The van der Waals surface area contributed by atoms with Gasteiger partial charge in [0.25, 0.3) is 0 Å². The van der Waals surface area contributed by atoms with Crippen molar-refractivity contribution in [3.8, 4) is 0 Å². The fourth-order valence-corrected chi connectivity index (χ4v) is 1.39. The molecular formula is C7H13Cl. The summed E-state index contributed by atoms with van der Waals surface area (Å²) < 4.78 is 0. The molecule has 48 valence electrons. The molecule has 1 rings (SSSR count). The van der Waals surface area contributed by atoms with E-state index < -0.39 is 0 Å². The maximum atomic E-state index is 5.80. The minimum atomic E-state index is 0.525. The normalized spacial score (nSPS) is 36.0. The van der Waals surface area contributed by atoms with Gasteiger partial charge in [0.15, 0.2) is 0 Å². The van der Waals surface area contributed by atoms with E-state index in [1.165, 1.54) is 12.8 Å². The summed E-state index contributed by atoms with van der Waals surface area (Å²) >= 11 is 5.80. The molecule has 0 nitrogen and oxygen atoms in total. The summed E-state index contributed by atoms with van der Waals surface area (Å²) in [5.74, 6) is 1.69. The molecule has 0 bridgehead atoms. The van der Waals surface area contributed by atoms with Gasteiger partial charge < -0.3 is 0 Å². The number of rotatable bonds is 2. The van der Waals surface area contributed by atoms with Crippen molar-refractivity contribution in [2.45, 2.75) is 32.1 Å². The van der Waals surface area contributed by atoms with Gasteiger partial charge in [0, 0.05) is 5.38 Å². The molecule has 0 spiro atoms. The van der Waals surface area contributed by atoms with E-state index in [0.717, 1.165) is 11.8 Å². The van der Waals surface area contributed by atoms with Crippen LogP contribution in [-0.4, -0.2) is 5.38 Å². The lowest BCUT2D eigenvalue weighted by molar-refractivity contribution is 0.541. The van der Waals surface area contributed by atoms with E-state index >= 15 is 0 Å². The molecule has 0 aromatic heterocycles. The Morgan fingerprint density at radius 2 is 2.12 bits per heavy atom. The van der Waals surface area contributed by atoms with Crippen LogP contribution in [0.5, 0.6) is 0 Å². The Balaban J connectivity index is 2.05. The maximum absolute atomic E-state index is 5.80. The van der Waals surface area contributed by atoms with Crippen LogP contribution in [0.25, 0.3) is 0 Å². The monoisotopic (exact) mass is 132 g/mol. The first-order valence-electron chi connectivity index (χ1n) is 3.34. The largest absolute Gasteiger partial charge is 0.123 e. The van der Waals surface area contributed by atoms with E-state index in [-0.39, 0.29) is 0 Å². The van der Waals surface area contributed by atoms with Crippen molar-refractivity contribution in [3.63, 3.8) is 0 Å². The van der Waals surface area contributed by atoms with Crippen molar-refractivity contribution < 1.29 is 0 Å². The first kappa shape index (κ1) is 6.41. The second kappa shape index (κ2) is 2.26. The van der Waals surface area contributed by atoms with Gasteiger partial charge in [-0.25, -0.2) is 0 Å². The van der Waals surface area contributed by atoms with E-state index in [4.69, 9.17) is 11.6 Å². The van der Waals surface area contributed by atoms with Crippen molar-refractivity contribution in [1.82, 2.24) is 0 Å². The summed E-state index contributed by atoms with van der Waals surface area (Å²) in [7, 11) is 0. The van der Waals surface area contributed by atoms with Crippen LogP contribution in [0.4, 0.5) is 0 Å². The highest BCUT2D eigenvalue weighted by Crippen LogP contribution is 2.40. The van der Waals surface area contributed by atoms with Gasteiger partial charge in [-0.2, -0.15) is 0 Å². The minimum Gasteiger partial charge on any atom is -0.123 e. The van der Waals surface area contributed by atoms with Crippen molar-refractivity contribution in [3.05, 3.63) is 0 Å². The lowest BCUT2D eigenvalue weighted by atomic mass is 10.1. The highest BCUT2D eigenvalue weighted by atomic mass is 35.5. The fourth-order valence-electron chi connectivity index (χ4n) is 1.06. The van der Waals surface area contributed by atoms with E-state index in [0.29, 0.717) is 5.38 Å². The van der Waals surface area contributed by atoms with Crippen molar-refractivity contribution in [2.75, 3.05) is 0 Å². The Hall–Kier alpha value is 0.290. The Morgan fingerprint density at radius 1 is 1.62 bits per heavy atom. The average Bonchev–Trinajstić information content (AvgIpc) is 2.17. The molecule has 0 aliphatic heterocycles. The molecule has 1 aliphatic rings. The topological polar surface area (TPSA) is 0 Å². The van der Waals surface area contributed by atoms with Crippen LogP contribution in [-0.2, 0) is 0 Å². The number of hydrogen-bond acceptors (Lipinski definition) is 0. The first-order valence-corrected chi connectivity index (χ1v) is 3.78. The number of halogens is 1. The van der Waals surface area contributed by atoms with Gasteiger partial charge >= 0.3 is 0 Å². The van der Waals surface area contributed by atoms with Gasteiger partial charge in [0.05, 0.1) is 0 Å². The lowest BCUT2D eigenvalue weighted by Crippen LogP contribution is -1.89. The van der Waals surface area contributed by atoms with E-state index in [9.17, 15) is 0 Å². The SMILES string of the molecule is CC(C)C[C@@H]1C[C@@H]1Cl. The number of alkyl halides is 1. The number of hydrogen-bond donors (Lipinski definition) is 0. The van der Waals surface area contributed by atoms with Crippen molar-refractivity contribution >= 4 is 11.6 Å². The third kappa shape index (κ3) is 1.66. The third-order valence-electron chi connectivity index (χ3n) is 1.61. The van der Waals surface area contributed by atoms with Crippen molar-refractivity contribution in [2.24, 2.45) is 11.8 Å². The quantitative estimate of drug-likeness (QED) is 0.507. The highest BCUT2D eigenvalue weighted by Gasteiger charge is 2.34. The van der Waals surface area contributed by atoms with Crippen LogP contribution in [0.2, 0.25) is 0 Å². The Labute approximate surface area is 56.2 Å². The highest BCUT2D eigenvalue weighted by molar-refractivity contribution is 6.22. The maximum Gasteiger partial charge on any atom is 0.0368 e. The zero-order chi connectivity index (χ0) is 6.15. The molecule has 1 saturated carbocycles. The summed E-state index contributed by atoms with van der Waals surface area (Å²) in [5, 5.41) is 0.525. The predicted molar refractivity (Wildman–Crippen MR) is 37.2 cm³/mol. The van der Waals surface area contributed by atoms with Gasteiger partial charge in [0.1, 0.15) is 0 Å². The summed E-state index contributed by atoms with van der Waals surface area (Å²) in [6.45, 7) is 4.50. The van der Waals surface area contributed by atoms with Crippen LogP contribution < -0.4 is 0 Å². The molecule has 0 aromatic rings. The molecule has 0 N–H and O–H groups in total. The Morgan fingerprint density at radius 3 is 2.25 bits per heavy atom. The molecule has 0 radical (unpaired) electrons. The smallest absolute Gasteiger partial charge is 0.0368 e. The molecule has 0 aromatic carbocycles. The van der Waals surface area contributed by atoms with E-state index in [2.05, 4.69) is 13.8 Å². The summed E-state index contributed by atoms with van der Waals surface area (Å²) in [5.41, 5.74) is 0. The standard InChI is InChI=1S/C7H13Cl/c1-5(2)3-6-4-7(6)8/h5-7H,3-4H2,1-2H3/t6-,7+/m1/s1. The second-order valence-electron chi connectivity index (χ2n) is 3.14. The van der Waals surface area contributed by atoms with Gasteiger partial charge in [-0.05, 0) is 24.7 Å². The molecule has 2 atom stereocenters. The summed E-state index contributed by atoms with van der Waals surface area (Å²) in [6.07, 6.45) is 2.59. The molecule has 1 fully saturated rings. The van der Waals surface area contributed by atoms with Gasteiger partial charge in [-0.1, -0.05) is 13.8 Å². The molecule has 0 amide bonds. The van der Waals surface area contributed by atoms with E-state index in [1.54, 1.807) is 0 Å². The molecule has 8 heavy (non-hydrogen) atoms. The third-order valence-corrected chi connectivity index (χ3v) is 2.14. The fraction of sp³-hybridized carbons (Fsp3) is 1.00. The molecule has 0 saturated heterocycles. The van der Waals surface area contributed by atoms with Gasteiger partial charge in [-0.3, -0.25) is 0 Å². The van der Waals surface area contributed by atoms with Crippen LogP contribution >= 0.6 is 11.6 Å². The van der Waals surface area contributed by atoms with Crippen molar-refractivity contribution in [1.29, 1.82) is 0 Å². The van der Waals surface area contributed by atoms with Crippen LogP contribution in [0, 0.1) is 11.8 Å². The Kier molecular flexibility index (Phi) is 1.81. The average molecular weight is 133 g/mol. The van der Waals surface area contributed by atoms with E-state index in [1.807, 2.05) is 0 Å². The summed E-state index contributed by atoms with van der Waals surface area (Å²) in [4.78, 5) is 0. The molecule has 0 heterocycles.